The van der Waals surface area contributed by atoms with Crippen LogP contribution < -0.4 is 11.1 Å². The smallest absolute Gasteiger partial charge is 0.247 e. The minimum atomic E-state index is -0.439. The van der Waals surface area contributed by atoms with E-state index in [4.69, 9.17) is 5.73 Å². The molecule has 4 N–H and O–H groups in total. The molecule has 0 saturated carbocycles. The fraction of sp³-hybridized carbons (Fsp3) is 0.192. The molecular weight excluding hydrogens is 414 g/mol. The normalized spacial score (nSPS) is 15.6. The average Bonchev–Trinajstić information content (AvgIpc) is 3.47. The predicted octanol–water partition coefficient (Wildman–Crippen LogP) is 3.98. The Morgan fingerprint density at radius 1 is 1.06 bits per heavy atom. The van der Waals surface area contributed by atoms with Gasteiger partial charge in [0.15, 0.2) is 0 Å². The number of hydrogen-bond donors (Lipinski definition) is 3. The zero-order valence-electron chi connectivity index (χ0n) is 18.1. The highest BCUT2D eigenvalue weighted by Gasteiger charge is 2.33. The maximum absolute atomic E-state index is 13.0. The van der Waals surface area contributed by atoms with Crippen LogP contribution in [-0.4, -0.2) is 39.3 Å². The van der Waals surface area contributed by atoms with Crippen LogP contribution in [0.3, 0.4) is 0 Å². The second kappa shape index (κ2) is 8.78. The van der Waals surface area contributed by atoms with Crippen molar-refractivity contribution in [1.29, 1.82) is 0 Å². The van der Waals surface area contributed by atoms with Crippen LogP contribution in [0.1, 0.15) is 18.4 Å². The van der Waals surface area contributed by atoms with Gasteiger partial charge in [-0.05, 0) is 54.3 Å². The van der Waals surface area contributed by atoms with Crippen molar-refractivity contribution in [3.8, 4) is 11.3 Å². The van der Waals surface area contributed by atoms with Gasteiger partial charge < -0.3 is 20.9 Å². The van der Waals surface area contributed by atoms with Gasteiger partial charge in [0, 0.05) is 17.9 Å². The van der Waals surface area contributed by atoms with E-state index in [0.717, 1.165) is 34.3 Å². The van der Waals surface area contributed by atoms with Gasteiger partial charge in [-0.25, -0.2) is 4.98 Å². The fourth-order valence-electron chi connectivity index (χ4n) is 4.35. The standard InChI is InChI=1S/C26H25N5O2/c27-24-13-12-20-22(30-24)16-21(29-20)18-8-10-19(11-9-18)28-26(33)23-7-4-14-31(23)25(32)15-17-5-2-1-3-6-17/h1-3,5-6,8-13,16,23,29H,4,7,14-15H2,(H2,27,30)(H,28,33)/t23-/m0/s1. The number of likely N-dealkylation sites (tertiary alicyclic amines) is 1. The fourth-order valence-corrected chi connectivity index (χ4v) is 4.35. The molecule has 0 unspecified atom stereocenters. The summed E-state index contributed by atoms with van der Waals surface area (Å²) in [7, 11) is 0. The Hall–Kier alpha value is -4.13. The number of nitrogen functional groups attached to an aromatic ring is 1. The quantitative estimate of drug-likeness (QED) is 0.437. The van der Waals surface area contributed by atoms with E-state index in [1.165, 1.54) is 0 Å². The van der Waals surface area contributed by atoms with Crippen molar-refractivity contribution in [2.45, 2.75) is 25.3 Å². The number of H-pyrrole nitrogens is 1. The van der Waals surface area contributed by atoms with Crippen molar-refractivity contribution in [3.63, 3.8) is 0 Å². The van der Waals surface area contributed by atoms with E-state index in [9.17, 15) is 9.59 Å². The molecule has 7 nitrogen and oxygen atoms in total. The summed E-state index contributed by atoms with van der Waals surface area (Å²) >= 11 is 0. The molecular formula is C26H25N5O2. The van der Waals surface area contributed by atoms with Gasteiger partial charge in [-0.15, -0.1) is 0 Å². The number of pyridine rings is 1. The predicted molar refractivity (Wildman–Crippen MR) is 129 cm³/mol. The second-order valence-electron chi connectivity index (χ2n) is 8.33. The molecule has 2 aromatic carbocycles. The number of carbonyl (C=O) groups is 2. The van der Waals surface area contributed by atoms with Crippen LogP contribution in [-0.2, 0) is 16.0 Å². The summed E-state index contributed by atoms with van der Waals surface area (Å²) in [5.74, 6) is 0.323. The van der Waals surface area contributed by atoms with Gasteiger partial charge in [0.05, 0.1) is 17.5 Å². The molecule has 3 heterocycles. The van der Waals surface area contributed by atoms with Crippen LogP contribution in [0.2, 0.25) is 0 Å². The number of aromatic nitrogens is 2. The number of anilines is 2. The molecule has 0 bridgehead atoms. The summed E-state index contributed by atoms with van der Waals surface area (Å²) in [6.45, 7) is 0.613. The summed E-state index contributed by atoms with van der Waals surface area (Å²) in [5, 5.41) is 2.97. The first kappa shape index (κ1) is 20.8. The first-order chi connectivity index (χ1) is 16.1. The number of nitrogens with one attached hydrogen (secondary N) is 2. The highest BCUT2D eigenvalue weighted by atomic mass is 16.2. The minimum absolute atomic E-state index is 0.0118. The third-order valence-electron chi connectivity index (χ3n) is 6.03. The lowest BCUT2D eigenvalue weighted by Crippen LogP contribution is -2.43. The van der Waals surface area contributed by atoms with E-state index in [0.29, 0.717) is 30.9 Å². The molecule has 166 valence electrons. The maximum atomic E-state index is 13.0. The largest absolute Gasteiger partial charge is 0.384 e. The zero-order valence-corrected chi connectivity index (χ0v) is 18.1. The molecule has 1 saturated heterocycles. The lowest BCUT2D eigenvalue weighted by Gasteiger charge is -2.24. The molecule has 1 aliphatic heterocycles. The molecule has 1 aliphatic rings. The third kappa shape index (κ3) is 4.43. The van der Waals surface area contributed by atoms with E-state index in [1.54, 1.807) is 11.0 Å². The molecule has 1 fully saturated rings. The van der Waals surface area contributed by atoms with Crippen LogP contribution in [0.25, 0.3) is 22.3 Å². The Morgan fingerprint density at radius 2 is 1.85 bits per heavy atom. The molecule has 0 spiro atoms. The SMILES string of the molecule is Nc1ccc2[nH]c(-c3ccc(NC(=O)[C@@H]4CCCN4C(=O)Cc4ccccc4)cc3)cc2n1. The molecule has 5 rings (SSSR count). The van der Waals surface area contributed by atoms with Crippen LogP contribution in [0.4, 0.5) is 11.5 Å². The third-order valence-corrected chi connectivity index (χ3v) is 6.03. The van der Waals surface area contributed by atoms with Gasteiger partial charge in [-0.2, -0.15) is 0 Å². The van der Waals surface area contributed by atoms with Crippen molar-refractivity contribution in [3.05, 3.63) is 78.4 Å². The molecule has 0 aliphatic carbocycles. The monoisotopic (exact) mass is 439 g/mol. The Morgan fingerprint density at radius 3 is 2.64 bits per heavy atom. The Kier molecular flexibility index (Phi) is 5.52. The molecule has 1 atom stereocenters. The number of nitrogens with two attached hydrogens (primary N) is 1. The van der Waals surface area contributed by atoms with Crippen molar-refractivity contribution >= 4 is 34.4 Å². The first-order valence-corrected chi connectivity index (χ1v) is 11.1. The highest BCUT2D eigenvalue weighted by Crippen LogP contribution is 2.26. The van der Waals surface area contributed by atoms with Crippen LogP contribution >= 0.6 is 0 Å². The number of nitrogens with zero attached hydrogens (tertiary/aromatic N) is 2. The molecule has 2 aromatic heterocycles. The number of rotatable bonds is 5. The number of aromatic amines is 1. The van der Waals surface area contributed by atoms with Gasteiger partial charge in [0.2, 0.25) is 11.8 Å². The maximum Gasteiger partial charge on any atom is 0.247 e. The minimum Gasteiger partial charge on any atom is -0.384 e. The summed E-state index contributed by atoms with van der Waals surface area (Å²) in [4.78, 5) is 35.1. The van der Waals surface area contributed by atoms with Crippen molar-refractivity contribution in [2.75, 3.05) is 17.6 Å². The van der Waals surface area contributed by atoms with Crippen LogP contribution in [0, 0.1) is 0 Å². The van der Waals surface area contributed by atoms with Crippen molar-refractivity contribution in [1.82, 2.24) is 14.9 Å². The topological polar surface area (TPSA) is 104 Å². The van der Waals surface area contributed by atoms with E-state index >= 15 is 0 Å². The second-order valence-corrected chi connectivity index (χ2v) is 8.33. The molecule has 2 amide bonds. The number of carbonyl (C=O) groups excluding carboxylic acids is 2. The number of benzene rings is 2. The van der Waals surface area contributed by atoms with E-state index in [-0.39, 0.29) is 11.8 Å². The van der Waals surface area contributed by atoms with Gasteiger partial charge in [-0.1, -0.05) is 42.5 Å². The number of amides is 2. The molecule has 7 heteroatoms. The van der Waals surface area contributed by atoms with Crippen molar-refractivity contribution < 1.29 is 9.59 Å². The van der Waals surface area contributed by atoms with Gasteiger partial charge in [0.1, 0.15) is 11.9 Å². The highest BCUT2D eigenvalue weighted by molar-refractivity contribution is 5.98. The Balaban J connectivity index is 1.25. The van der Waals surface area contributed by atoms with E-state index in [1.807, 2.05) is 66.7 Å². The molecule has 4 aromatic rings. The number of fused-ring (bicyclic) bond motifs is 1. The van der Waals surface area contributed by atoms with E-state index in [2.05, 4.69) is 15.3 Å². The Labute approximate surface area is 191 Å². The lowest BCUT2D eigenvalue weighted by molar-refractivity contribution is -0.136. The average molecular weight is 440 g/mol. The summed E-state index contributed by atoms with van der Waals surface area (Å²) in [6, 6.07) is 22.4. The lowest BCUT2D eigenvalue weighted by atomic mass is 10.1. The first-order valence-electron chi connectivity index (χ1n) is 11.1. The van der Waals surface area contributed by atoms with Gasteiger partial charge >= 0.3 is 0 Å². The summed E-state index contributed by atoms with van der Waals surface area (Å²) in [5.41, 5.74) is 11.0. The van der Waals surface area contributed by atoms with Crippen LogP contribution in [0.5, 0.6) is 0 Å². The molecule has 33 heavy (non-hydrogen) atoms. The Bertz CT molecular complexity index is 1300. The van der Waals surface area contributed by atoms with Gasteiger partial charge in [0.25, 0.3) is 0 Å². The van der Waals surface area contributed by atoms with Crippen molar-refractivity contribution in [2.24, 2.45) is 0 Å². The van der Waals surface area contributed by atoms with Crippen LogP contribution in [0.15, 0.2) is 72.8 Å². The zero-order chi connectivity index (χ0) is 22.8. The summed E-state index contributed by atoms with van der Waals surface area (Å²) in [6.07, 6.45) is 1.82. The van der Waals surface area contributed by atoms with Gasteiger partial charge in [-0.3, -0.25) is 9.59 Å². The molecule has 0 radical (unpaired) electrons. The summed E-state index contributed by atoms with van der Waals surface area (Å²) < 4.78 is 0. The van der Waals surface area contributed by atoms with E-state index < -0.39 is 6.04 Å². The number of hydrogen-bond acceptors (Lipinski definition) is 4.